The number of hydrogen-bond donors (Lipinski definition) is 1. The molecule has 6 heteroatoms. The van der Waals surface area contributed by atoms with Crippen LogP contribution in [0.3, 0.4) is 0 Å². The number of carboxylic acid groups (broad SMARTS) is 1. The second-order valence-electron chi connectivity index (χ2n) is 4.86. The molecule has 2 rings (SSSR count). The first kappa shape index (κ1) is 14.7. The van der Waals surface area contributed by atoms with Crippen LogP contribution in [0.5, 0.6) is 5.75 Å². The van der Waals surface area contributed by atoms with Crippen LogP contribution < -0.4 is 4.74 Å². The predicted molar refractivity (Wildman–Crippen MR) is 73.9 cm³/mol. The van der Waals surface area contributed by atoms with Gasteiger partial charge >= 0.3 is 5.97 Å². The maximum atomic E-state index is 12.0. The van der Waals surface area contributed by atoms with Crippen LogP contribution in [0.25, 0.3) is 0 Å². The normalized spacial score (nSPS) is 13.8. The summed E-state index contributed by atoms with van der Waals surface area (Å²) in [6.45, 7) is 0.0264. The molecule has 0 heterocycles. The highest BCUT2D eigenvalue weighted by Crippen LogP contribution is 2.29. The Labute approximate surface area is 122 Å². The summed E-state index contributed by atoms with van der Waals surface area (Å²) in [5.41, 5.74) is 0. The van der Waals surface area contributed by atoms with Gasteiger partial charge in [0.25, 0.3) is 5.91 Å². The molecule has 1 aromatic carbocycles. The van der Waals surface area contributed by atoms with Gasteiger partial charge in [-0.1, -0.05) is 17.7 Å². The number of aliphatic carboxylic acids is 1. The second-order valence-corrected chi connectivity index (χ2v) is 5.29. The van der Waals surface area contributed by atoms with E-state index in [1.807, 2.05) is 0 Å². The Bertz CT molecular complexity index is 502. The van der Waals surface area contributed by atoms with Gasteiger partial charge < -0.3 is 14.7 Å². The molecule has 108 valence electrons. The Hall–Kier alpha value is -1.75. The van der Waals surface area contributed by atoms with E-state index < -0.39 is 5.97 Å². The number of hydrogen-bond acceptors (Lipinski definition) is 3. The monoisotopic (exact) mass is 297 g/mol. The van der Waals surface area contributed by atoms with Crippen molar-refractivity contribution in [1.82, 2.24) is 4.90 Å². The molecular formula is C14H16ClNO4. The minimum atomic E-state index is -1.01. The van der Waals surface area contributed by atoms with E-state index in [4.69, 9.17) is 21.4 Å². The molecule has 1 amide bonds. The lowest BCUT2D eigenvalue weighted by molar-refractivity contribution is -0.145. The minimum absolute atomic E-state index is 0.180. The van der Waals surface area contributed by atoms with Crippen LogP contribution >= 0.6 is 11.6 Å². The maximum absolute atomic E-state index is 12.0. The fourth-order valence-corrected chi connectivity index (χ4v) is 2.00. The second kappa shape index (κ2) is 6.61. The molecule has 1 N–H and O–H groups in total. The fraction of sp³-hybridized carbons (Fsp3) is 0.429. The number of rotatable bonds is 7. The Morgan fingerprint density at radius 2 is 2.15 bits per heavy atom. The molecule has 0 atom stereocenters. The molecule has 1 aromatic rings. The Morgan fingerprint density at radius 1 is 1.40 bits per heavy atom. The van der Waals surface area contributed by atoms with Crippen LogP contribution in [0.1, 0.15) is 12.8 Å². The topological polar surface area (TPSA) is 66.8 Å². The third-order valence-electron chi connectivity index (χ3n) is 3.01. The lowest BCUT2D eigenvalue weighted by Crippen LogP contribution is -2.40. The number of halogens is 1. The average Bonchev–Trinajstić information content (AvgIpc) is 3.19. The predicted octanol–water partition coefficient (Wildman–Crippen LogP) is 2.04. The molecule has 0 unspecified atom stereocenters. The van der Waals surface area contributed by atoms with Crippen molar-refractivity contribution < 1.29 is 19.4 Å². The van der Waals surface area contributed by atoms with Crippen molar-refractivity contribution in [2.75, 3.05) is 19.7 Å². The molecule has 0 aliphatic heterocycles. The van der Waals surface area contributed by atoms with Crippen LogP contribution in [0, 0.1) is 5.92 Å². The quantitative estimate of drug-likeness (QED) is 0.836. The summed E-state index contributed by atoms with van der Waals surface area (Å²) in [5, 5.41) is 9.36. The van der Waals surface area contributed by atoms with E-state index in [1.54, 1.807) is 24.3 Å². The largest absolute Gasteiger partial charge is 0.484 e. The van der Waals surface area contributed by atoms with Gasteiger partial charge in [-0.15, -0.1) is 0 Å². The van der Waals surface area contributed by atoms with Crippen LogP contribution in [0.4, 0.5) is 0 Å². The van der Waals surface area contributed by atoms with E-state index in [9.17, 15) is 9.59 Å². The zero-order chi connectivity index (χ0) is 14.5. The van der Waals surface area contributed by atoms with Gasteiger partial charge in [0.15, 0.2) is 6.61 Å². The number of benzene rings is 1. The van der Waals surface area contributed by atoms with Gasteiger partial charge in [-0.2, -0.15) is 0 Å². The first-order valence-corrected chi connectivity index (χ1v) is 6.80. The molecule has 20 heavy (non-hydrogen) atoms. The Morgan fingerprint density at radius 3 is 2.75 bits per heavy atom. The smallest absolute Gasteiger partial charge is 0.323 e. The highest BCUT2D eigenvalue weighted by atomic mass is 35.5. The number of amides is 1. The zero-order valence-electron chi connectivity index (χ0n) is 10.9. The van der Waals surface area contributed by atoms with Crippen LogP contribution in [-0.2, 0) is 9.59 Å². The van der Waals surface area contributed by atoms with E-state index in [0.29, 0.717) is 23.2 Å². The molecule has 5 nitrogen and oxygen atoms in total. The van der Waals surface area contributed by atoms with Gasteiger partial charge in [-0.3, -0.25) is 9.59 Å². The van der Waals surface area contributed by atoms with Crippen molar-refractivity contribution in [2.45, 2.75) is 12.8 Å². The van der Waals surface area contributed by atoms with Crippen LogP contribution in [0.15, 0.2) is 24.3 Å². The number of nitrogens with zero attached hydrogens (tertiary/aromatic N) is 1. The van der Waals surface area contributed by atoms with Crippen molar-refractivity contribution in [1.29, 1.82) is 0 Å². The highest BCUT2D eigenvalue weighted by molar-refractivity contribution is 6.30. The average molecular weight is 298 g/mol. The molecule has 0 bridgehead atoms. The molecule has 1 aliphatic rings. The molecule has 1 aliphatic carbocycles. The summed E-state index contributed by atoms with van der Waals surface area (Å²) >= 11 is 5.82. The van der Waals surface area contributed by atoms with Crippen molar-refractivity contribution in [2.24, 2.45) is 5.92 Å². The molecule has 0 saturated heterocycles. The third-order valence-corrected chi connectivity index (χ3v) is 3.25. The summed E-state index contributed by atoms with van der Waals surface area (Å²) in [5.74, 6) is -0.405. The van der Waals surface area contributed by atoms with E-state index in [-0.39, 0.29) is 19.1 Å². The van der Waals surface area contributed by atoms with Gasteiger partial charge in [0.2, 0.25) is 0 Å². The maximum Gasteiger partial charge on any atom is 0.323 e. The summed E-state index contributed by atoms with van der Waals surface area (Å²) < 4.78 is 5.34. The Kier molecular flexibility index (Phi) is 4.84. The minimum Gasteiger partial charge on any atom is -0.484 e. The first-order chi connectivity index (χ1) is 9.54. The van der Waals surface area contributed by atoms with Crippen molar-refractivity contribution in [3.8, 4) is 5.75 Å². The van der Waals surface area contributed by atoms with Gasteiger partial charge in [-0.25, -0.2) is 0 Å². The van der Waals surface area contributed by atoms with Gasteiger partial charge in [0.05, 0.1) is 0 Å². The summed E-state index contributed by atoms with van der Waals surface area (Å²) in [6.07, 6.45) is 2.11. The van der Waals surface area contributed by atoms with Crippen LogP contribution in [-0.4, -0.2) is 41.6 Å². The third kappa shape index (κ3) is 4.74. The summed E-state index contributed by atoms with van der Waals surface area (Å²) in [4.78, 5) is 24.1. The van der Waals surface area contributed by atoms with E-state index in [1.165, 1.54) is 4.90 Å². The van der Waals surface area contributed by atoms with E-state index in [0.717, 1.165) is 12.8 Å². The lowest BCUT2D eigenvalue weighted by atomic mass is 10.3. The SMILES string of the molecule is O=C(O)CN(CC1CC1)C(=O)COc1cccc(Cl)c1. The van der Waals surface area contributed by atoms with Gasteiger partial charge in [0, 0.05) is 11.6 Å². The van der Waals surface area contributed by atoms with Gasteiger partial charge in [0.1, 0.15) is 12.3 Å². The summed E-state index contributed by atoms with van der Waals surface area (Å²) in [6, 6.07) is 6.74. The van der Waals surface area contributed by atoms with E-state index in [2.05, 4.69) is 0 Å². The number of carboxylic acids is 1. The molecule has 1 fully saturated rings. The van der Waals surface area contributed by atoms with Crippen molar-refractivity contribution in [3.05, 3.63) is 29.3 Å². The summed E-state index contributed by atoms with van der Waals surface area (Å²) in [7, 11) is 0. The number of carbonyl (C=O) groups is 2. The fourth-order valence-electron chi connectivity index (χ4n) is 1.82. The lowest BCUT2D eigenvalue weighted by Gasteiger charge is -2.20. The van der Waals surface area contributed by atoms with Gasteiger partial charge in [-0.05, 0) is 37.0 Å². The number of ether oxygens (including phenoxy) is 1. The standard InChI is InChI=1S/C14H16ClNO4/c15-11-2-1-3-12(6-11)20-9-13(17)16(8-14(18)19)7-10-4-5-10/h1-3,6,10H,4-5,7-9H2,(H,18,19). The Balaban J connectivity index is 1.88. The molecule has 1 saturated carbocycles. The van der Waals surface area contributed by atoms with Crippen molar-refractivity contribution in [3.63, 3.8) is 0 Å². The first-order valence-electron chi connectivity index (χ1n) is 6.42. The van der Waals surface area contributed by atoms with Crippen LogP contribution in [0.2, 0.25) is 5.02 Å². The highest BCUT2D eigenvalue weighted by Gasteiger charge is 2.28. The molecule has 0 aromatic heterocycles. The van der Waals surface area contributed by atoms with E-state index >= 15 is 0 Å². The molecular weight excluding hydrogens is 282 g/mol. The molecule has 0 radical (unpaired) electrons. The number of carbonyl (C=O) groups excluding carboxylic acids is 1. The zero-order valence-corrected chi connectivity index (χ0v) is 11.7. The molecule has 0 spiro atoms. The van der Waals surface area contributed by atoms with Crippen molar-refractivity contribution >= 4 is 23.5 Å².